The van der Waals surface area contributed by atoms with Crippen LogP contribution in [0.25, 0.3) is 0 Å². The number of hydrogen-bond donors (Lipinski definition) is 0. The van der Waals surface area contributed by atoms with Crippen molar-refractivity contribution in [1.29, 1.82) is 0 Å². The molecule has 0 saturated carbocycles. The van der Waals surface area contributed by atoms with Gasteiger partial charge in [-0.25, -0.2) is 0 Å². The van der Waals surface area contributed by atoms with Crippen molar-refractivity contribution in [1.82, 2.24) is 0 Å². The van der Waals surface area contributed by atoms with Crippen LogP contribution in [-0.2, 0) is 51.6 Å². The minimum atomic E-state index is -5.45. The molecule has 11 nitrogen and oxygen atoms in total. The van der Waals surface area contributed by atoms with Gasteiger partial charge in [0.05, 0.1) is 0 Å². The number of carbonyl (C=O) groups excluding carboxylic acids is 6. The number of Topliss-reactive ketones (excluding diaryl/α,β-unsaturated/α-hetero) is 1. The van der Waals surface area contributed by atoms with Crippen molar-refractivity contribution in [2.75, 3.05) is 13.3 Å². The van der Waals surface area contributed by atoms with Gasteiger partial charge in [0.15, 0.2) is 0 Å². The van der Waals surface area contributed by atoms with E-state index in [1.54, 1.807) is 0 Å². The number of rotatable bonds is 3. The second-order valence-electron chi connectivity index (χ2n) is 3.55. The van der Waals surface area contributed by atoms with E-state index in [1.165, 1.54) is 0 Å². The fraction of sp³-hybridized carbons (Fsp3) is 0.250. The molecule has 0 N–H and O–H groups in total. The average molecular weight is 308 g/mol. The zero-order valence-electron chi connectivity index (χ0n) is 9.65. The Bertz CT molecular complexity index is 514. The third kappa shape index (κ3) is 1.88. The van der Waals surface area contributed by atoms with Gasteiger partial charge in [-0.1, -0.05) is 0 Å². The molecular formula is C8H5O11P. The van der Waals surface area contributed by atoms with E-state index in [2.05, 4.69) is 22.8 Å². The van der Waals surface area contributed by atoms with Crippen LogP contribution in [-0.4, -0.2) is 48.9 Å². The standard InChI is InChI=1S/C8H5O11P/c1-15-4(10)3(9)2-20(16-5(11)6(12)17-20)18-7(13)8(14)19-20/h2H2,1H3. The quantitative estimate of drug-likeness (QED) is 0.328. The number of ether oxygens (including phenoxy) is 1. The molecule has 108 valence electrons. The van der Waals surface area contributed by atoms with Crippen molar-refractivity contribution in [2.24, 2.45) is 0 Å². The van der Waals surface area contributed by atoms with E-state index in [0.29, 0.717) is 0 Å². The first-order valence-electron chi connectivity index (χ1n) is 4.80. The molecule has 2 saturated heterocycles. The molecule has 0 aromatic rings. The van der Waals surface area contributed by atoms with E-state index in [9.17, 15) is 28.8 Å². The first-order chi connectivity index (χ1) is 9.20. The third-order valence-corrected chi connectivity index (χ3v) is 5.06. The second-order valence-corrected chi connectivity index (χ2v) is 6.53. The normalized spacial score (nSPS) is 23.9. The Hall–Kier alpha value is -2.55. The molecular weight excluding hydrogens is 303 g/mol. The van der Waals surface area contributed by atoms with Crippen LogP contribution in [0, 0.1) is 0 Å². The summed E-state index contributed by atoms with van der Waals surface area (Å²) in [6.07, 6.45) is -1.26. The molecule has 0 atom stereocenters. The van der Waals surface area contributed by atoms with Crippen LogP contribution in [0.3, 0.4) is 0 Å². The first-order valence-corrected chi connectivity index (χ1v) is 6.90. The van der Waals surface area contributed by atoms with E-state index in [1.807, 2.05) is 0 Å². The molecule has 0 unspecified atom stereocenters. The van der Waals surface area contributed by atoms with E-state index in [-0.39, 0.29) is 0 Å². The van der Waals surface area contributed by atoms with E-state index >= 15 is 0 Å². The van der Waals surface area contributed by atoms with Crippen LogP contribution in [0.2, 0.25) is 0 Å². The maximum atomic E-state index is 11.5. The summed E-state index contributed by atoms with van der Waals surface area (Å²) in [6, 6.07) is 0. The summed E-state index contributed by atoms with van der Waals surface area (Å²) in [6.45, 7) is 0. The molecule has 2 rings (SSSR count). The van der Waals surface area contributed by atoms with Crippen LogP contribution in [0.15, 0.2) is 0 Å². The Morgan fingerprint density at radius 1 is 0.900 bits per heavy atom. The van der Waals surface area contributed by atoms with Gasteiger partial charge in [-0.05, 0) is 0 Å². The summed E-state index contributed by atoms with van der Waals surface area (Å²) in [4.78, 5) is 67.0. The zero-order valence-corrected chi connectivity index (χ0v) is 10.5. The van der Waals surface area contributed by atoms with Crippen LogP contribution >= 0.6 is 7.51 Å². The predicted molar refractivity (Wildman–Crippen MR) is 53.2 cm³/mol. The Kier molecular flexibility index (Phi) is 2.75. The van der Waals surface area contributed by atoms with Crippen molar-refractivity contribution in [3.63, 3.8) is 0 Å². The van der Waals surface area contributed by atoms with Gasteiger partial charge >= 0.3 is 108 Å². The van der Waals surface area contributed by atoms with Gasteiger partial charge in [-0.15, -0.1) is 0 Å². The zero-order chi connectivity index (χ0) is 15.2. The maximum absolute atomic E-state index is 11.5. The summed E-state index contributed by atoms with van der Waals surface area (Å²) in [5, 5.41) is 0. The first kappa shape index (κ1) is 13.9. The summed E-state index contributed by atoms with van der Waals surface area (Å²) in [5.41, 5.74) is 0. The molecule has 2 fully saturated rings. The molecule has 12 heteroatoms. The predicted octanol–water partition coefficient (Wildman–Crippen LogP) is -1.86. The summed E-state index contributed by atoms with van der Waals surface area (Å²) < 4.78 is 21.8. The minimum absolute atomic E-state index is 0.879. The molecule has 1 spiro atoms. The Balaban J connectivity index is 2.42. The van der Waals surface area contributed by atoms with Gasteiger partial charge in [0.25, 0.3) is 0 Å². The number of methoxy groups -OCH3 is 1. The van der Waals surface area contributed by atoms with Crippen molar-refractivity contribution in [2.45, 2.75) is 0 Å². The van der Waals surface area contributed by atoms with Gasteiger partial charge in [-0.3, -0.25) is 0 Å². The van der Waals surface area contributed by atoms with Crippen molar-refractivity contribution < 1.29 is 51.6 Å². The fourth-order valence-electron chi connectivity index (χ4n) is 1.44. The Labute approximate surface area is 109 Å². The van der Waals surface area contributed by atoms with E-state index < -0.39 is 49.3 Å². The van der Waals surface area contributed by atoms with E-state index in [4.69, 9.17) is 0 Å². The molecule has 2 aliphatic heterocycles. The molecule has 0 aliphatic carbocycles. The van der Waals surface area contributed by atoms with Crippen LogP contribution in [0.1, 0.15) is 0 Å². The Morgan fingerprint density at radius 3 is 1.55 bits per heavy atom. The van der Waals surface area contributed by atoms with Crippen LogP contribution in [0.5, 0.6) is 0 Å². The van der Waals surface area contributed by atoms with Gasteiger partial charge < -0.3 is 0 Å². The number of carbonyl (C=O) groups is 6. The van der Waals surface area contributed by atoms with Crippen molar-refractivity contribution in [3.05, 3.63) is 0 Å². The fourth-order valence-corrected chi connectivity index (χ4v) is 4.10. The van der Waals surface area contributed by atoms with Crippen molar-refractivity contribution in [3.8, 4) is 0 Å². The molecule has 20 heavy (non-hydrogen) atoms. The summed E-state index contributed by atoms with van der Waals surface area (Å²) in [7, 11) is -4.57. The summed E-state index contributed by atoms with van der Waals surface area (Å²) in [5.74, 6) is -9.27. The van der Waals surface area contributed by atoms with Crippen LogP contribution in [0.4, 0.5) is 0 Å². The monoisotopic (exact) mass is 308 g/mol. The number of hydrogen-bond acceptors (Lipinski definition) is 11. The van der Waals surface area contributed by atoms with Gasteiger partial charge in [0.1, 0.15) is 0 Å². The molecule has 2 aliphatic rings. The molecule has 0 amide bonds. The Morgan fingerprint density at radius 2 is 1.25 bits per heavy atom. The van der Waals surface area contributed by atoms with E-state index in [0.717, 1.165) is 7.11 Å². The number of esters is 1. The average Bonchev–Trinajstić information content (AvgIpc) is 2.73. The SMILES string of the molecule is COC(=O)C(=O)CP12(OC(=O)C(=O)O1)OC(=O)C(=O)O2. The molecule has 0 aromatic heterocycles. The summed E-state index contributed by atoms with van der Waals surface area (Å²) >= 11 is 0. The van der Waals surface area contributed by atoms with Crippen molar-refractivity contribution >= 4 is 43.1 Å². The second kappa shape index (κ2) is 3.97. The molecule has 0 aromatic carbocycles. The third-order valence-electron chi connectivity index (χ3n) is 2.19. The molecule has 2 heterocycles. The van der Waals surface area contributed by atoms with Gasteiger partial charge in [0.2, 0.25) is 0 Å². The molecule has 0 radical (unpaired) electrons. The topological polar surface area (TPSA) is 149 Å². The number of ketones is 1. The van der Waals surface area contributed by atoms with Gasteiger partial charge in [0, 0.05) is 0 Å². The van der Waals surface area contributed by atoms with Gasteiger partial charge in [-0.2, -0.15) is 0 Å². The van der Waals surface area contributed by atoms with Crippen LogP contribution < -0.4 is 0 Å². The molecule has 0 bridgehead atoms.